The van der Waals surface area contributed by atoms with Gasteiger partial charge < -0.3 is 9.47 Å². The monoisotopic (exact) mass is 439 g/mol. The number of benzene rings is 1. The van der Waals surface area contributed by atoms with E-state index in [9.17, 15) is 9.18 Å². The summed E-state index contributed by atoms with van der Waals surface area (Å²) in [7, 11) is 0. The van der Waals surface area contributed by atoms with Crippen molar-refractivity contribution in [3.63, 3.8) is 0 Å². The van der Waals surface area contributed by atoms with E-state index < -0.39 is 11.8 Å². The Morgan fingerprint density at radius 2 is 2.03 bits per heavy atom. The molecule has 166 valence electrons. The van der Waals surface area contributed by atoms with Crippen LogP contribution in [0.25, 0.3) is 0 Å². The third-order valence-electron chi connectivity index (χ3n) is 5.95. The van der Waals surface area contributed by atoms with Crippen LogP contribution in [0, 0.1) is 0 Å². The number of ether oxygens (including phenoxy) is 2. The molecule has 1 amide bonds. The summed E-state index contributed by atoms with van der Waals surface area (Å²) >= 11 is 6.47. The highest BCUT2D eigenvalue weighted by Crippen LogP contribution is 2.36. The van der Waals surface area contributed by atoms with Gasteiger partial charge in [0.1, 0.15) is 11.8 Å². The van der Waals surface area contributed by atoms with Crippen molar-refractivity contribution in [2.75, 3.05) is 39.4 Å². The number of rotatable bonds is 2. The van der Waals surface area contributed by atoms with Gasteiger partial charge >= 0.3 is 6.09 Å². The smallest absolute Gasteiger partial charge is 0.410 e. The first-order valence-electron chi connectivity index (χ1n) is 10.7. The Labute approximate surface area is 182 Å². The van der Waals surface area contributed by atoms with E-state index in [2.05, 4.69) is 10.0 Å². The Morgan fingerprint density at radius 1 is 1.23 bits per heavy atom. The molecule has 30 heavy (non-hydrogen) atoms. The molecular formula is C22H31ClFN3O3. The van der Waals surface area contributed by atoms with E-state index in [-0.39, 0.29) is 12.1 Å². The lowest BCUT2D eigenvalue weighted by molar-refractivity contribution is -0.0361. The second kappa shape index (κ2) is 8.61. The van der Waals surface area contributed by atoms with Crippen molar-refractivity contribution in [2.24, 2.45) is 0 Å². The summed E-state index contributed by atoms with van der Waals surface area (Å²) in [4.78, 5) is 14.7. The Kier molecular flexibility index (Phi) is 6.26. The molecule has 0 N–H and O–H groups in total. The molecule has 3 aliphatic rings. The summed E-state index contributed by atoms with van der Waals surface area (Å²) in [5.74, 6) is 0. The standard InChI is InChI=1S/C22H31ClFN3O3/c1-22(2,3)30-21(28)27-8-9-29-14-20(27)18-11-16(23)10-15-4-6-26(13-19(15)18)25-7-5-17(24)12-25/h10-11,17,20H,4-9,12-14H2,1-3H3/t17-,20-/m0/s1. The van der Waals surface area contributed by atoms with E-state index in [0.29, 0.717) is 44.3 Å². The lowest BCUT2D eigenvalue weighted by atomic mass is 9.91. The van der Waals surface area contributed by atoms with Crippen LogP contribution in [0.1, 0.15) is 49.9 Å². The van der Waals surface area contributed by atoms with E-state index in [1.165, 1.54) is 5.56 Å². The minimum atomic E-state index is -0.759. The average molecular weight is 440 g/mol. The van der Waals surface area contributed by atoms with E-state index >= 15 is 0 Å². The first kappa shape index (κ1) is 21.8. The molecule has 0 unspecified atom stereocenters. The van der Waals surface area contributed by atoms with Gasteiger partial charge in [0.2, 0.25) is 0 Å². The molecule has 3 aliphatic heterocycles. The molecule has 8 heteroatoms. The number of hydrazine groups is 1. The molecule has 0 bridgehead atoms. The maximum atomic E-state index is 13.8. The predicted molar refractivity (Wildman–Crippen MR) is 113 cm³/mol. The van der Waals surface area contributed by atoms with Crippen LogP contribution >= 0.6 is 11.6 Å². The molecule has 1 aromatic rings. The lowest BCUT2D eigenvalue weighted by Crippen LogP contribution is -2.47. The van der Waals surface area contributed by atoms with Crippen LogP contribution in [-0.2, 0) is 22.4 Å². The van der Waals surface area contributed by atoms with Gasteiger partial charge in [0.25, 0.3) is 0 Å². The van der Waals surface area contributed by atoms with Crippen molar-refractivity contribution in [3.05, 3.63) is 33.8 Å². The number of carbonyl (C=O) groups is 1. The molecule has 3 heterocycles. The zero-order valence-electron chi connectivity index (χ0n) is 18.0. The molecule has 0 radical (unpaired) electrons. The highest BCUT2D eigenvalue weighted by Gasteiger charge is 2.36. The van der Waals surface area contributed by atoms with Gasteiger partial charge in [-0.2, -0.15) is 0 Å². The Bertz CT molecular complexity index is 801. The third kappa shape index (κ3) is 4.74. The third-order valence-corrected chi connectivity index (χ3v) is 6.16. The summed E-state index contributed by atoms with van der Waals surface area (Å²) in [6, 6.07) is 3.71. The number of amides is 1. The fourth-order valence-corrected chi connectivity index (χ4v) is 4.79. The van der Waals surface area contributed by atoms with Gasteiger partial charge in [-0.3, -0.25) is 4.90 Å². The van der Waals surface area contributed by atoms with Gasteiger partial charge in [-0.15, -0.1) is 0 Å². The average Bonchev–Trinajstić information content (AvgIpc) is 3.12. The van der Waals surface area contributed by atoms with Crippen LogP contribution in [0.4, 0.5) is 9.18 Å². The first-order chi connectivity index (χ1) is 14.2. The Balaban J connectivity index is 1.63. The van der Waals surface area contributed by atoms with Gasteiger partial charge in [0.15, 0.2) is 0 Å². The summed E-state index contributed by atoms with van der Waals surface area (Å²) in [6.45, 7) is 9.70. The van der Waals surface area contributed by atoms with Crippen molar-refractivity contribution < 1.29 is 18.7 Å². The zero-order valence-corrected chi connectivity index (χ0v) is 18.8. The number of halogens is 2. The molecule has 6 nitrogen and oxygen atoms in total. The summed E-state index contributed by atoms with van der Waals surface area (Å²) in [6.07, 6.45) is 0.332. The zero-order chi connectivity index (χ0) is 21.5. The summed E-state index contributed by atoms with van der Waals surface area (Å²) in [5, 5.41) is 5.02. The van der Waals surface area contributed by atoms with Crippen molar-refractivity contribution in [1.82, 2.24) is 14.9 Å². The molecular weight excluding hydrogens is 409 g/mol. The summed E-state index contributed by atoms with van der Waals surface area (Å²) < 4.78 is 25.2. The number of fused-ring (bicyclic) bond motifs is 1. The first-order valence-corrected chi connectivity index (χ1v) is 11.1. The normalized spacial score (nSPS) is 26.0. The van der Waals surface area contributed by atoms with Crippen molar-refractivity contribution in [1.29, 1.82) is 0 Å². The van der Waals surface area contributed by atoms with Gasteiger partial charge in [-0.1, -0.05) is 11.6 Å². The minimum absolute atomic E-state index is 0.256. The van der Waals surface area contributed by atoms with Crippen molar-refractivity contribution >= 4 is 17.7 Å². The van der Waals surface area contributed by atoms with Gasteiger partial charge in [-0.05, 0) is 62.4 Å². The van der Waals surface area contributed by atoms with Gasteiger partial charge in [0, 0.05) is 37.7 Å². The largest absolute Gasteiger partial charge is 0.444 e. The van der Waals surface area contributed by atoms with Crippen LogP contribution in [0.15, 0.2) is 12.1 Å². The quantitative estimate of drug-likeness (QED) is 0.697. The van der Waals surface area contributed by atoms with Crippen LogP contribution in [0.2, 0.25) is 5.02 Å². The van der Waals surface area contributed by atoms with Crippen LogP contribution in [-0.4, -0.2) is 72.2 Å². The molecule has 2 fully saturated rings. The number of nitrogens with zero attached hydrogens (tertiary/aromatic N) is 3. The van der Waals surface area contributed by atoms with E-state index in [4.69, 9.17) is 21.1 Å². The lowest BCUT2D eigenvalue weighted by Gasteiger charge is -2.41. The molecule has 2 atom stereocenters. The molecule has 0 spiro atoms. The predicted octanol–water partition coefficient (Wildman–Crippen LogP) is 3.97. The number of morpholine rings is 1. The molecule has 0 aromatic heterocycles. The highest BCUT2D eigenvalue weighted by molar-refractivity contribution is 6.30. The van der Waals surface area contributed by atoms with E-state index in [0.717, 1.165) is 30.6 Å². The molecule has 0 aliphatic carbocycles. The number of carbonyl (C=O) groups excluding carboxylic acids is 1. The maximum Gasteiger partial charge on any atom is 0.410 e. The minimum Gasteiger partial charge on any atom is -0.444 e. The van der Waals surface area contributed by atoms with Crippen LogP contribution in [0.5, 0.6) is 0 Å². The number of hydrogen-bond donors (Lipinski definition) is 0. The van der Waals surface area contributed by atoms with Gasteiger partial charge in [-0.25, -0.2) is 19.2 Å². The Hall–Kier alpha value is -1.41. The van der Waals surface area contributed by atoms with Gasteiger partial charge in [0.05, 0.1) is 19.3 Å². The molecule has 1 aromatic carbocycles. The number of alkyl halides is 1. The van der Waals surface area contributed by atoms with Crippen molar-refractivity contribution in [2.45, 2.75) is 58.0 Å². The molecule has 2 saturated heterocycles. The highest BCUT2D eigenvalue weighted by atomic mass is 35.5. The SMILES string of the molecule is CC(C)(C)OC(=O)N1CCOC[C@H]1c1cc(Cl)cc2c1CN(N1CC[C@H](F)C1)CC2. The van der Waals surface area contributed by atoms with Crippen LogP contribution in [0.3, 0.4) is 0 Å². The molecule has 0 saturated carbocycles. The fourth-order valence-electron chi connectivity index (χ4n) is 4.54. The second-order valence-corrected chi connectivity index (χ2v) is 9.77. The Morgan fingerprint density at radius 3 is 2.73 bits per heavy atom. The van der Waals surface area contributed by atoms with E-state index in [1.807, 2.05) is 32.9 Å². The fraction of sp³-hybridized carbons (Fsp3) is 0.682. The number of hydrogen-bond acceptors (Lipinski definition) is 5. The molecule has 4 rings (SSSR count). The summed E-state index contributed by atoms with van der Waals surface area (Å²) in [5.41, 5.74) is 2.80. The van der Waals surface area contributed by atoms with Crippen LogP contribution < -0.4 is 0 Å². The van der Waals surface area contributed by atoms with E-state index in [1.54, 1.807) is 4.90 Å². The topological polar surface area (TPSA) is 45.2 Å². The maximum absolute atomic E-state index is 13.8. The second-order valence-electron chi connectivity index (χ2n) is 9.33. The van der Waals surface area contributed by atoms with Crippen molar-refractivity contribution in [3.8, 4) is 0 Å².